The van der Waals surface area contributed by atoms with Gasteiger partial charge in [0.2, 0.25) is 0 Å². The Kier molecular flexibility index (Phi) is 5.70. The Balaban J connectivity index is 0.000000177. The van der Waals surface area contributed by atoms with Crippen LogP contribution >= 0.6 is 45.2 Å². The van der Waals surface area contributed by atoms with E-state index in [2.05, 4.69) is 65.1 Å². The Morgan fingerprint density at radius 2 is 1.82 bits per heavy atom. The van der Waals surface area contributed by atoms with Gasteiger partial charge in [-0.15, -0.1) is 0 Å². The van der Waals surface area contributed by atoms with E-state index in [0.29, 0.717) is 3.42 Å². The van der Waals surface area contributed by atoms with Crippen LogP contribution in [0.15, 0.2) is 11.6 Å². The van der Waals surface area contributed by atoms with E-state index in [1.54, 1.807) is 5.57 Å². The van der Waals surface area contributed by atoms with Gasteiger partial charge in [0, 0.05) is 26.8 Å². The topological polar surface area (TPSA) is 0 Å². The van der Waals surface area contributed by atoms with Crippen LogP contribution < -0.4 is 0 Å². The first kappa shape index (κ1) is 12.8. The molecule has 1 saturated carbocycles. The molecule has 0 amide bonds. The van der Waals surface area contributed by atoms with Gasteiger partial charge in [0.15, 0.2) is 0 Å². The van der Waals surface area contributed by atoms with Gasteiger partial charge in [-0.25, -0.2) is 0 Å². The monoisotopic (exact) mass is 426 g/mol. The van der Waals surface area contributed by atoms with Crippen molar-refractivity contribution in [2.45, 2.75) is 34.0 Å². The molecule has 0 heterocycles. The number of rotatable bonds is 0. The molecule has 0 bridgehead atoms. The van der Waals surface area contributed by atoms with Gasteiger partial charge in [0.25, 0.3) is 0 Å². The maximum atomic E-state index is 2.51. The smallest absolute Gasteiger partial charge is 0.0322 e. The molecule has 0 aromatic carbocycles. The fraction of sp³-hybridized carbons (Fsp3) is 0.750. The van der Waals surface area contributed by atoms with Crippen LogP contribution in [-0.4, -0.2) is 7.35 Å². The summed E-state index contributed by atoms with van der Waals surface area (Å²) in [5.41, 5.74) is 1.54. The first-order valence-corrected chi connectivity index (χ1v) is 5.83. The van der Waals surface area contributed by atoms with Crippen LogP contribution in [0.4, 0.5) is 0 Å². The van der Waals surface area contributed by atoms with E-state index in [9.17, 15) is 0 Å². The molecule has 2 aliphatic carbocycles. The van der Waals surface area contributed by atoms with Gasteiger partial charge >= 0.3 is 0 Å². The molecule has 0 N–H and O–H groups in total. The second-order valence-corrected chi connectivity index (χ2v) is 7.17. The molecule has 0 nitrogen and oxygen atoms in total. The van der Waals surface area contributed by atoms with E-state index in [4.69, 9.17) is 0 Å². The van der Waals surface area contributed by atoms with Crippen molar-refractivity contribution in [3.05, 3.63) is 11.6 Å². The largest absolute Gasteiger partial charge is 0.0812 e. The van der Waals surface area contributed by atoms with Crippen molar-refractivity contribution >= 4 is 45.2 Å². The molecule has 0 spiro atoms. The molecule has 2 aliphatic rings. The third-order valence-corrected chi connectivity index (χ3v) is 5.88. The van der Waals surface area contributed by atoms with Crippen LogP contribution in [0.1, 0.15) is 26.7 Å². The Morgan fingerprint density at radius 3 is 1.82 bits per heavy atom. The van der Waals surface area contributed by atoms with E-state index in [1.807, 2.05) is 0 Å². The predicted molar refractivity (Wildman–Crippen MR) is 63.2 cm³/mol. The quantitative estimate of drug-likeness (QED) is 0.239. The third kappa shape index (κ3) is 5.97. The van der Waals surface area contributed by atoms with E-state index >= 15 is 0 Å². The van der Waals surface area contributed by atoms with Gasteiger partial charge in [-0.05, 0) is 26.7 Å². The minimum Gasteiger partial charge on any atom is -0.0812 e. The summed E-state index contributed by atoms with van der Waals surface area (Å²) in [7, 11) is 0. The summed E-state index contributed by atoms with van der Waals surface area (Å²) in [6.07, 6.45) is 4.90. The van der Waals surface area contributed by atoms with Crippen LogP contribution in [0, 0.1) is 0 Å². The molecule has 60 valence electrons. The Hall–Kier alpha value is 1.82. The van der Waals surface area contributed by atoms with Crippen molar-refractivity contribution in [1.82, 2.24) is 0 Å². The zero-order valence-electron chi connectivity index (χ0n) is 7.03. The zero-order valence-corrected chi connectivity index (χ0v) is 14.3. The molecule has 0 aromatic rings. The summed E-state index contributed by atoms with van der Waals surface area (Å²) >= 11 is 5.00. The zero-order chi connectivity index (χ0) is 7.78. The number of hydrogen-bond donors (Lipinski definition) is 0. The van der Waals surface area contributed by atoms with E-state index < -0.39 is 0 Å². The molecule has 1 fully saturated rings. The average Bonchev–Trinajstić information content (AvgIpc) is 2.59. The van der Waals surface area contributed by atoms with E-state index in [0.717, 1.165) is 3.92 Å². The average molecular weight is 427 g/mol. The van der Waals surface area contributed by atoms with Crippen LogP contribution in [0.25, 0.3) is 0 Å². The summed E-state index contributed by atoms with van der Waals surface area (Å²) in [6.45, 7) is 4.44. The van der Waals surface area contributed by atoms with Gasteiger partial charge in [-0.3, -0.25) is 0 Å². The summed E-state index contributed by atoms with van der Waals surface area (Å²) in [4.78, 5) is 0. The second-order valence-electron chi connectivity index (χ2n) is 3.20. The Bertz CT molecular complexity index is 163. The number of halogens is 2. The third-order valence-electron chi connectivity index (χ3n) is 1.68. The number of hydrogen-bond acceptors (Lipinski definition) is 0. The maximum Gasteiger partial charge on any atom is 0.0322 e. The van der Waals surface area contributed by atoms with Crippen LogP contribution in [0.2, 0.25) is 0 Å². The first-order chi connectivity index (χ1) is 4.52. The molecule has 0 aromatic heterocycles. The van der Waals surface area contributed by atoms with Crippen molar-refractivity contribution in [2.75, 3.05) is 0 Å². The van der Waals surface area contributed by atoms with Gasteiger partial charge in [0.05, 0.1) is 0 Å². The molecule has 0 radical (unpaired) electrons. The summed E-state index contributed by atoms with van der Waals surface area (Å²) < 4.78 is 1.62. The van der Waals surface area contributed by atoms with Crippen molar-refractivity contribution in [1.29, 1.82) is 0 Å². The Labute approximate surface area is 109 Å². The molecular formula is C8H12I2Zn. The van der Waals surface area contributed by atoms with Gasteiger partial charge in [-0.2, -0.15) is 0 Å². The standard InChI is InChI=1S/C4H6I2.C4H6.Zn/c1-4(6)2-3(4)5;1-4-2-3-4;/h3H,2H2,1H3;2H,3H2,1H3;. The van der Waals surface area contributed by atoms with E-state index in [-0.39, 0.29) is 19.5 Å². The van der Waals surface area contributed by atoms with Crippen molar-refractivity contribution < 1.29 is 19.5 Å². The second kappa shape index (κ2) is 4.89. The molecule has 2 unspecified atom stereocenters. The SMILES string of the molecule is CC1(I)CC1I.CC1=CC1.[Zn]. The van der Waals surface area contributed by atoms with Crippen molar-refractivity contribution in [2.24, 2.45) is 0 Å². The molecule has 0 saturated heterocycles. The molecule has 2 atom stereocenters. The van der Waals surface area contributed by atoms with Crippen LogP contribution in [-0.2, 0) is 19.5 Å². The fourth-order valence-corrected chi connectivity index (χ4v) is 2.59. The van der Waals surface area contributed by atoms with Gasteiger partial charge in [0.1, 0.15) is 0 Å². The normalized spacial score (nSPS) is 37.5. The molecular weight excluding hydrogens is 415 g/mol. The maximum absolute atomic E-state index is 2.51. The summed E-state index contributed by atoms with van der Waals surface area (Å²) in [5, 5.41) is 0. The first-order valence-electron chi connectivity index (χ1n) is 3.51. The van der Waals surface area contributed by atoms with Crippen molar-refractivity contribution in [3.63, 3.8) is 0 Å². The van der Waals surface area contributed by atoms with E-state index in [1.165, 1.54) is 12.8 Å². The fourth-order valence-electron chi connectivity index (χ4n) is 0.394. The molecule has 0 aliphatic heterocycles. The minimum absolute atomic E-state index is 0. The van der Waals surface area contributed by atoms with Crippen LogP contribution in [0.3, 0.4) is 0 Å². The predicted octanol–water partition coefficient (Wildman–Crippen LogP) is 3.72. The van der Waals surface area contributed by atoms with Crippen LogP contribution in [0.5, 0.6) is 0 Å². The number of alkyl halides is 2. The summed E-state index contributed by atoms with van der Waals surface area (Å²) in [6, 6.07) is 0. The molecule has 11 heavy (non-hydrogen) atoms. The number of allylic oxidation sites excluding steroid dienone is 2. The molecule has 2 rings (SSSR count). The Morgan fingerprint density at radius 1 is 1.64 bits per heavy atom. The summed E-state index contributed by atoms with van der Waals surface area (Å²) in [5.74, 6) is 0. The van der Waals surface area contributed by atoms with Gasteiger partial charge in [-0.1, -0.05) is 56.8 Å². The molecule has 3 heteroatoms. The minimum atomic E-state index is 0. The van der Waals surface area contributed by atoms with Gasteiger partial charge < -0.3 is 0 Å². The van der Waals surface area contributed by atoms with Crippen molar-refractivity contribution in [3.8, 4) is 0 Å².